The van der Waals surface area contributed by atoms with Crippen molar-refractivity contribution in [2.75, 3.05) is 0 Å². The van der Waals surface area contributed by atoms with Crippen molar-refractivity contribution in [3.63, 3.8) is 0 Å². The Balaban J connectivity index is 2.01. The van der Waals surface area contributed by atoms with Gasteiger partial charge in [-0.05, 0) is 51.9 Å². The zero-order chi connectivity index (χ0) is 15.4. The predicted octanol–water partition coefficient (Wildman–Crippen LogP) is 2.99. The molecule has 1 heterocycles. The number of hydrogen-bond donors (Lipinski definition) is 2. The van der Waals surface area contributed by atoms with Gasteiger partial charge in [-0.15, -0.1) is 0 Å². The molecule has 2 N–H and O–H groups in total. The second kappa shape index (κ2) is 7.14. The van der Waals surface area contributed by atoms with Crippen LogP contribution in [0.2, 0.25) is 0 Å². The average molecular weight is 296 g/mol. The van der Waals surface area contributed by atoms with Crippen LogP contribution in [0.25, 0.3) is 0 Å². The summed E-state index contributed by atoms with van der Waals surface area (Å²) in [5.74, 6) is -0.817. The molecule has 1 saturated carbocycles. The number of urea groups is 1. The first kappa shape index (κ1) is 16.1. The van der Waals surface area contributed by atoms with E-state index in [9.17, 15) is 14.7 Å². The smallest absolute Gasteiger partial charge is 0.326 e. The zero-order valence-electron chi connectivity index (χ0n) is 13.2. The van der Waals surface area contributed by atoms with Crippen LogP contribution in [0, 0.1) is 5.92 Å². The molecule has 1 unspecified atom stereocenters. The number of likely N-dealkylation sites (tertiary alicyclic amines) is 1. The van der Waals surface area contributed by atoms with Gasteiger partial charge >= 0.3 is 12.0 Å². The predicted molar refractivity (Wildman–Crippen MR) is 81.1 cm³/mol. The molecule has 1 saturated heterocycles. The molecule has 5 heteroatoms. The van der Waals surface area contributed by atoms with Crippen LogP contribution in [-0.2, 0) is 4.79 Å². The molecule has 2 amide bonds. The van der Waals surface area contributed by atoms with Crippen molar-refractivity contribution in [1.82, 2.24) is 10.2 Å². The Morgan fingerprint density at radius 3 is 2.10 bits per heavy atom. The third-order valence-electron chi connectivity index (χ3n) is 5.09. The van der Waals surface area contributed by atoms with Gasteiger partial charge in [0.25, 0.3) is 0 Å². The Hall–Kier alpha value is -1.26. The first-order valence-corrected chi connectivity index (χ1v) is 8.32. The van der Waals surface area contributed by atoms with E-state index in [1.54, 1.807) is 0 Å². The molecule has 3 atom stereocenters. The van der Waals surface area contributed by atoms with Crippen LogP contribution in [0.4, 0.5) is 4.79 Å². The number of aliphatic carboxylic acids is 1. The maximum atomic E-state index is 12.5. The Labute approximate surface area is 127 Å². The number of nitrogens with zero attached hydrogens (tertiary/aromatic N) is 1. The molecule has 21 heavy (non-hydrogen) atoms. The summed E-state index contributed by atoms with van der Waals surface area (Å²) in [6.45, 7) is 4.09. The Bertz CT molecular complexity index is 370. The molecule has 2 fully saturated rings. The number of hydrogen-bond acceptors (Lipinski definition) is 2. The first-order valence-electron chi connectivity index (χ1n) is 8.32. The Morgan fingerprint density at radius 2 is 1.57 bits per heavy atom. The maximum absolute atomic E-state index is 12.5. The molecule has 0 bridgehead atoms. The van der Waals surface area contributed by atoms with Crippen molar-refractivity contribution in [2.24, 2.45) is 5.92 Å². The van der Waals surface area contributed by atoms with Crippen molar-refractivity contribution < 1.29 is 14.7 Å². The minimum Gasteiger partial charge on any atom is -0.480 e. The van der Waals surface area contributed by atoms with Gasteiger partial charge in [0, 0.05) is 12.1 Å². The lowest BCUT2D eigenvalue weighted by atomic mass is 9.84. The Morgan fingerprint density at radius 1 is 1.00 bits per heavy atom. The number of rotatable bonds is 3. The number of carbonyl (C=O) groups is 2. The van der Waals surface area contributed by atoms with E-state index in [0.29, 0.717) is 0 Å². The van der Waals surface area contributed by atoms with Crippen LogP contribution >= 0.6 is 0 Å². The van der Waals surface area contributed by atoms with Gasteiger partial charge in [-0.1, -0.05) is 19.3 Å². The van der Waals surface area contributed by atoms with Crippen molar-refractivity contribution in [1.29, 1.82) is 0 Å². The van der Waals surface area contributed by atoms with Gasteiger partial charge in [-0.2, -0.15) is 0 Å². The lowest BCUT2D eigenvalue weighted by Gasteiger charge is -2.40. The van der Waals surface area contributed by atoms with E-state index in [1.165, 1.54) is 6.42 Å². The zero-order valence-corrected chi connectivity index (χ0v) is 13.2. The molecule has 1 aliphatic heterocycles. The molecule has 120 valence electrons. The van der Waals surface area contributed by atoms with E-state index < -0.39 is 12.0 Å². The highest BCUT2D eigenvalue weighted by molar-refractivity contribution is 5.83. The molecular formula is C16H28N2O3. The number of carbonyl (C=O) groups excluding carboxylic acids is 1. The van der Waals surface area contributed by atoms with Crippen molar-refractivity contribution in [2.45, 2.75) is 83.3 Å². The molecule has 0 aromatic carbocycles. The lowest BCUT2D eigenvalue weighted by molar-refractivity contribution is -0.141. The van der Waals surface area contributed by atoms with E-state index in [4.69, 9.17) is 0 Å². The van der Waals surface area contributed by atoms with Gasteiger partial charge < -0.3 is 15.3 Å². The van der Waals surface area contributed by atoms with Crippen LogP contribution in [0.1, 0.15) is 65.2 Å². The van der Waals surface area contributed by atoms with E-state index in [-0.39, 0.29) is 24.0 Å². The fourth-order valence-corrected chi connectivity index (χ4v) is 3.88. The standard InChI is InChI=1S/C16H28N2O3/c1-11-7-6-8-12(2)18(11)16(21)17-14(15(19)20)13-9-4-3-5-10-13/h11-14H,3-10H2,1-2H3,(H,17,21)(H,19,20)/t11-,12+,14?. The monoisotopic (exact) mass is 296 g/mol. The third-order valence-corrected chi connectivity index (χ3v) is 5.09. The summed E-state index contributed by atoms with van der Waals surface area (Å²) in [5.41, 5.74) is 0. The number of nitrogens with one attached hydrogen (secondary N) is 1. The fourth-order valence-electron chi connectivity index (χ4n) is 3.88. The van der Waals surface area contributed by atoms with Gasteiger partial charge in [0.1, 0.15) is 6.04 Å². The van der Waals surface area contributed by atoms with E-state index in [2.05, 4.69) is 5.32 Å². The maximum Gasteiger partial charge on any atom is 0.326 e. The topological polar surface area (TPSA) is 69.6 Å². The van der Waals surface area contributed by atoms with Crippen LogP contribution in [0.15, 0.2) is 0 Å². The number of amides is 2. The highest BCUT2D eigenvalue weighted by Gasteiger charge is 2.35. The van der Waals surface area contributed by atoms with Gasteiger partial charge in [-0.25, -0.2) is 9.59 Å². The first-order chi connectivity index (χ1) is 10.0. The van der Waals surface area contributed by atoms with Gasteiger partial charge in [0.2, 0.25) is 0 Å². The lowest BCUT2D eigenvalue weighted by Crippen LogP contribution is -2.56. The molecular weight excluding hydrogens is 268 g/mol. The molecule has 2 aliphatic rings. The van der Waals surface area contributed by atoms with Crippen LogP contribution in [0.3, 0.4) is 0 Å². The molecule has 1 aliphatic carbocycles. The largest absolute Gasteiger partial charge is 0.480 e. The van der Waals surface area contributed by atoms with Crippen molar-refractivity contribution >= 4 is 12.0 Å². The highest BCUT2D eigenvalue weighted by Crippen LogP contribution is 2.28. The summed E-state index contributed by atoms with van der Waals surface area (Å²) >= 11 is 0. The molecule has 0 spiro atoms. The van der Waals surface area contributed by atoms with E-state index >= 15 is 0 Å². The molecule has 0 aromatic heterocycles. The summed E-state index contributed by atoms with van der Waals surface area (Å²) in [7, 11) is 0. The molecule has 0 radical (unpaired) electrons. The van der Waals surface area contributed by atoms with Crippen LogP contribution < -0.4 is 5.32 Å². The minimum absolute atomic E-state index is 0.0793. The van der Waals surface area contributed by atoms with E-state index in [0.717, 1.165) is 44.9 Å². The van der Waals surface area contributed by atoms with Crippen LogP contribution in [-0.4, -0.2) is 40.1 Å². The summed E-state index contributed by atoms with van der Waals surface area (Å²) in [6, 6.07) is -0.559. The SMILES string of the molecule is C[C@@H]1CCC[C@H](C)N1C(=O)NC(C(=O)O)C1CCCCC1. The van der Waals surface area contributed by atoms with Gasteiger partial charge in [-0.3, -0.25) is 0 Å². The van der Waals surface area contributed by atoms with E-state index in [1.807, 2.05) is 18.7 Å². The summed E-state index contributed by atoms with van der Waals surface area (Å²) in [6.07, 6.45) is 8.26. The summed E-state index contributed by atoms with van der Waals surface area (Å²) in [5, 5.41) is 12.3. The van der Waals surface area contributed by atoms with Crippen LogP contribution in [0.5, 0.6) is 0 Å². The van der Waals surface area contributed by atoms with Gasteiger partial charge in [0.15, 0.2) is 0 Å². The normalized spacial score (nSPS) is 29.0. The van der Waals surface area contributed by atoms with Crippen molar-refractivity contribution in [3.8, 4) is 0 Å². The Kier molecular flexibility index (Phi) is 5.48. The molecule has 2 rings (SSSR count). The molecule has 0 aromatic rings. The highest BCUT2D eigenvalue weighted by atomic mass is 16.4. The minimum atomic E-state index is -0.896. The summed E-state index contributed by atoms with van der Waals surface area (Å²) < 4.78 is 0. The number of carboxylic acids is 1. The van der Waals surface area contributed by atoms with Crippen molar-refractivity contribution in [3.05, 3.63) is 0 Å². The van der Waals surface area contributed by atoms with Gasteiger partial charge in [0.05, 0.1) is 0 Å². The molecule has 5 nitrogen and oxygen atoms in total. The second-order valence-electron chi connectivity index (χ2n) is 6.70. The second-order valence-corrected chi connectivity index (χ2v) is 6.70. The quantitative estimate of drug-likeness (QED) is 0.841. The number of piperidine rings is 1. The fraction of sp³-hybridized carbons (Fsp3) is 0.875. The third kappa shape index (κ3) is 3.89. The number of carboxylic acid groups (broad SMARTS) is 1. The summed E-state index contributed by atoms with van der Waals surface area (Å²) in [4.78, 5) is 25.9. The average Bonchev–Trinajstić information content (AvgIpc) is 2.45.